The average Bonchev–Trinajstić information content (AvgIpc) is 2.22. The summed E-state index contributed by atoms with van der Waals surface area (Å²) in [4.78, 5) is 33.3. The molecule has 0 heterocycles. The molecule has 0 aliphatic heterocycles. The maximum Gasteiger partial charge on any atom is 0.315 e. The molecule has 0 aliphatic rings. The van der Waals surface area contributed by atoms with Crippen LogP contribution in [0.4, 0.5) is 4.79 Å². The summed E-state index contributed by atoms with van der Waals surface area (Å²) < 4.78 is 0. The normalized spacial score (nSPS) is 10.9. The summed E-state index contributed by atoms with van der Waals surface area (Å²) in [6, 6.07) is -0.559. The molecule has 0 unspecified atom stereocenters. The number of aliphatic carboxylic acids is 1. The molecule has 18 heavy (non-hydrogen) atoms. The van der Waals surface area contributed by atoms with Gasteiger partial charge in [0.15, 0.2) is 0 Å². The summed E-state index contributed by atoms with van der Waals surface area (Å²) >= 11 is 0. The molecular formula is C11H21N3O4. The van der Waals surface area contributed by atoms with Gasteiger partial charge < -0.3 is 21.1 Å². The number of urea groups is 1. The molecular weight excluding hydrogens is 238 g/mol. The Labute approximate surface area is 106 Å². The summed E-state index contributed by atoms with van der Waals surface area (Å²) in [6.07, 6.45) is 0. The van der Waals surface area contributed by atoms with Crippen LogP contribution in [-0.2, 0) is 9.59 Å². The van der Waals surface area contributed by atoms with E-state index < -0.39 is 17.4 Å². The van der Waals surface area contributed by atoms with E-state index in [1.54, 1.807) is 0 Å². The molecule has 0 aromatic heterocycles. The molecule has 0 bridgehead atoms. The fourth-order valence-corrected chi connectivity index (χ4v) is 0.973. The third kappa shape index (κ3) is 6.72. The zero-order chi connectivity index (χ0) is 14.3. The van der Waals surface area contributed by atoms with Crippen molar-refractivity contribution in [1.29, 1.82) is 0 Å². The molecule has 0 aromatic rings. The number of rotatable bonds is 6. The highest BCUT2D eigenvalue weighted by Gasteiger charge is 2.27. The van der Waals surface area contributed by atoms with E-state index in [4.69, 9.17) is 5.11 Å². The number of hydrogen-bond donors (Lipinski definition) is 4. The zero-order valence-electron chi connectivity index (χ0n) is 11.2. The van der Waals surface area contributed by atoms with E-state index in [9.17, 15) is 14.4 Å². The number of amides is 3. The highest BCUT2D eigenvalue weighted by Crippen LogP contribution is 2.12. The highest BCUT2D eigenvalue weighted by atomic mass is 16.4. The van der Waals surface area contributed by atoms with Gasteiger partial charge in [0.25, 0.3) is 0 Å². The number of carbonyl (C=O) groups excluding carboxylic acids is 2. The Morgan fingerprint density at radius 1 is 1.17 bits per heavy atom. The minimum absolute atomic E-state index is 0.00769. The van der Waals surface area contributed by atoms with E-state index in [0.29, 0.717) is 0 Å². The second-order valence-corrected chi connectivity index (χ2v) is 4.95. The molecule has 104 valence electrons. The first-order chi connectivity index (χ1) is 8.15. The van der Waals surface area contributed by atoms with Gasteiger partial charge in [0.2, 0.25) is 5.91 Å². The maximum absolute atomic E-state index is 11.3. The smallest absolute Gasteiger partial charge is 0.315 e. The molecule has 0 rings (SSSR count). The van der Waals surface area contributed by atoms with Crippen LogP contribution in [0.1, 0.15) is 27.7 Å². The Kier molecular flexibility index (Phi) is 6.15. The number of carboxylic acid groups (broad SMARTS) is 1. The topological polar surface area (TPSA) is 108 Å². The van der Waals surface area contributed by atoms with E-state index in [2.05, 4.69) is 16.0 Å². The Hall–Kier alpha value is -1.79. The second kappa shape index (κ2) is 6.83. The van der Waals surface area contributed by atoms with Crippen LogP contribution in [-0.4, -0.2) is 42.1 Å². The van der Waals surface area contributed by atoms with E-state index in [0.717, 1.165) is 0 Å². The van der Waals surface area contributed by atoms with Gasteiger partial charge in [0.05, 0.1) is 12.0 Å². The molecule has 0 atom stereocenters. The van der Waals surface area contributed by atoms with Gasteiger partial charge in [-0.25, -0.2) is 4.79 Å². The fraction of sp³-hybridized carbons (Fsp3) is 0.727. The van der Waals surface area contributed by atoms with Gasteiger partial charge in [0, 0.05) is 12.6 Å². The molecule has 3 amide bonds. The van der Waals surface area contributed by atoms with Gasteiger partial charge in [-0.05, 0) is 27.7 Å². The lowest BCUT2D eigenvalue weighted by molar-refractivity contribution is -0.146. The maximum atomic E-state index is 11.3. The predicted molar refractivity (Wildman–Crippen MR) is 66.1 cm³/mol. The number of nitrogens with one attached hydrogen (secondary N) is 3. The minimum atomic E-state index is -1.04. The largest absolute Gasteiger partial charge is 0.481 e. The second-order valence-electron chi connectivity index (χ2n) is 4.95. The highest BCUT2D eigenvalue weighted by molar-refractivity contribution is 5.84. The summed E-state index contributed by atoms with van der Waals surface area (Å²) in [5.41, 5.74) is -1.04. The first-order valence-electron chi connectivity index (χ1n) is 5.69. The molecule has 0 aromatic carbocycles. The number of hydrogen-bond acceptors (Lipinski definition) is 3. The van der Waals surface area contributed by atoms with Crippen molar-refractivity contribution in [3.05, 3.63) is 0 Å². The van der Waals surface area contributed by atoms with E-state index >= 15 is 0 Å². The van der Waals surface area contributed by atoms with Crippen molar-refractivity contribution >= 4 is 17.9 Å². The standard InChI is InChI=1S/C11H21N3O4/c1-7(2)14-8(15)5-12-10(18)13-6-11(3,4)9(16)17/h7H,5-6H2,1-4H3,(H,14,15)(H,16,17)(H2,12,13,18). The zero-order valence-corrected chi connectivity index (χ0v) is 11.2. The van der Waals surface area contributed by atoms with Crippen molar-refractivity contribution in [1.82, 2.24) is 16.0 Å². The Morgan fingerprint density at radius 3 is 2.17 bits per heavy atom. The third-order valence-electron chi connectivity index (χ3n) is 2.13. The van der Waals surface area contributed by atoms with Gasteiger partial charge >= 0.3 is 12.0 Å². The number of carboxylic acids is 1. The van der Waals surface area contributed by atoms with Crippen LogP contribution < -0.4 is 16.0 Å². The Bertz CT molecular complexity index is 326. The molecule has 0 fully saturated rings. The monoisotopic (exact) mass is 259 g/mol. The minimum Gasteiger partial charge on any atom is -0.481 e. The summed E-state index contributed by atoms with van der Waals surface area (Å²) in [6.45, 7) is 6.47. The molecule has 0 saturated heterocycles. The van der Waals surface area contributed by atoms with Crippen LogP contribution in [0.5, 0.6) is 0 Å². The number of carbonyl (C=O) groups is 3. The van der Waals surface area contributed by atoms with Gasteiger partial charge in [-0.2, -0.15) is 0 Å². The van der Waals surface area contributed by atoms with Crippen molar-refractivity contribution < 1.29 is 19.5 Å². The Morgan fingerprint density at radius 2 is 1.72 bits per heavy atom. The molecule has 7 heteroatoms. The van der Waals surface area contributed by atoms with Crippen LogP contribution in [0.15, 0.2) is 0 Å². The average molecular weight is 259 g/mol. The Balaban J connectivity index is 3.93. The summed E-state index contributed by atoms with van der Waals surface area (Å²) in [5.74, 6) is -1.29. The first kappa shape index (κ1) is 16.2. The van der Waals surface area contributed by atoms with Gasteiger partial charge in [-0.1, -0.05) is 0 Å². The first-order valence-corrected chi connectivity index (χ1v) is 5.69. The van der Waals surface area contributed by atoms with Crippen molar-refractivity contribution in [3.8, 4) is 0 Å². The predicted octanol–water partition coefficient (Wildman–Crippen LogP) is -0.0790. The molecule has 0 spiro atoms. The van der Waals surface area contributed by atoms with Gasteiger partial charge in [-0.15, -0.1) is 0 Å². The van der Waals surface area contributed by atoms with Crippen LogP contribution in [0, 0.1) is 5.41 Å². The molecule has 0 radical (unpaired) electrons. The third-order valence-corrected chi connectivity index (χ3v) is 2.13. The van der Waals surface area contributed by atoms with E-state index in [1.165, 1.54) is 13.8 Å². The lowest BCUT2D eigenvalue weighted by Gasteiger charge is -2.19. The van der Waals surface area contributed by atoms with Crippen molar-refractivity contribution in [2.75, 3.05) is 13.1 Å². The lowest BCUT2D eigenvalue weighted by atomic mass is 9.94. The van der Waals surface area contributed by atoms with Crippen LogP contribution >= 0.6 is 0 Å². The van der Waals surface area contributed by atoms with Gasteiger partial charge in [0.1, 0.15) is 0 Å². The van der Waals surface area contributed by atoms with Crippen LogP contribution in [0.2, 0.25) is 0 Å². The van der Waals surface area contributed by atoms with Gasteiger partial charge in [-0.3, -0.25) is 9.59 Å². The summed E-state index contributed by atoms with van der Waals surface area (Å²) in [5, 5.41) is 16.2. The van der Waals surface area contributed by atoms with Crippen molar-refractivity contribution in [2.45, 2.75) is 33.7 Å². The fourth-order valence-electron chi connectivity index (χ4n) is 0.973. The lowest BCUT2D eigenvalue weighted by Crippen LogP contribution is -2.47. The molecule has 7 nitrogen and oxygen atoms in total. The molecule has 0 aliphatic carbocycles. The van der Waals surface area contributed by atoms with Crippen molar-refractivity contribution in [2.24, 2.45) is 5.41 Å². The van der Waals surface area contributed by atoms with E-state index in [-0.39, 0.29) is 25.0 Å². The van der Waals surface area contributed by atoms with E-state index in [1.807, 2.05) is 13.8 Å². The van der Waals surface area contributed by atoms with Crippen LogP contribution in [0.25, 0.3) is 0 Å². The van der Waals surface area contributed by atoms with Crippen molar-refractivity contribution in [3.63, 3.8) is 0 Å². The SMILES string of the molecule is CC(C)NC(=O)CNC(=O)NCC(C)(C)C(=O)O. The molecule has 4 N–H and O–H groups in total. The van der Waals surface area contributed by atoms with Crippen LogP contribution in [0.3, 0.4) is 0 Å². The quantitative estimate of drug-likeness (QED) is 0.535. The molecule has 0 saturated carbocycles. The summed E-state index contributed by atoms with van der Waals surface area (Å²) in [7, 11) is 0.